The van der Waals surface area contributed by atoms with Crippen molar-refractivity contribution in [3.8, 4) is 5.75 Å². The van der Waals surface area contributed by atoms with Crippen LogP contribution in [0.2, 0.25) is 4.34 Å². The summed E-state index contributed by atoms with van der Waals surface area (Å²) < 4.78 is 6.80. The van der Waals surface area contributed by atoms with E-state index in [2.05, 4.69) is 18.7 Å². The number of anilines is 3. The molecule has 0 fully saturated rings. The highest BCUT2D eigenvalue weighted by Crippen LogP contribution is 2.44. The van der Waals surface area contributed by atoms with Crippen LogP contribution in [0, 0.1) is 0 Å². The first-order chi connectivity index (χ1) is 8.94. The van der Waals surface area contributed by atoms with Crippen LogP contribution in [-0.4, -0.2) is 12.1 Å². The molecule has 0 radical (unpaired) electrons. The molecule has 0 saturated carbocycles. The van der Waals surface area contributed by atoms with Gasteiger partial charge in [-0.25, -0.2) is 0 Å². The van der Waals surface area contributed by atoms with Gasteiger partial charge in [-0.15, -0.1) is 11.3 Å². The molecule has 0 unspecified atom stereocenters. The third kappa shape index (κ3) is 2.38. The normalized spacial score (nSPS) is 16.9. The zero-order valence-electron chi connectivity index (χ0n) is 10.8. The van der Waals surface area contributed by atoms with E-state index in [1.807, 2.05) is 30.3 Å². The van der Waals surface area contributed by atoms with Crippen LogP contribution < -0.4 is 15.4 Å². The lowest BCUT2D eigenvalue weighted by atomic mass is 10.1. The summed E-state index contributed by atoms with van der Waals surface area (Å²) in [5, 5.41) is 1.12. The van der Waals surface area contributed by atoms with Gasteiger partial charge in [0.1, 0.15) is 11.4 Å². The number of ether oxygens (including phenoxy) is 1. The molecule has 2 aromatic rings. The lowest BCUT2D eigenvalue weighted by Crippen LogP contribution is -2.44. The minimum Gasteiger partial charge on any atom is -0.484 e. The van der Waals surface area contributed by atoms with Crippen molar-refractivity contribution >= 4 is 39.3 Å². The Morgan fingerprint density at radius 3 is 2.79 bits per heavy atom. The minimum absolute atomic E-state index is 0.267. The van der Waals surface area contributed by atoms with Gasteiger partial charge >= 0.3 is 0 Å². The predicted octanol–water partition coefficient (Wildman–Crippen LogP) is 4.29. The highest BCUT2D eigenvalue weighted by molar-refractivity contribution is 7.20. The molecule has 1 aromatic carbocycles. The summed E-state index contributed by atoms with van der Waals surface area (Å²) in [5.74, 6) is 0.820. The molecule has 1 aromatic heterocycles. The molecule has 1 aliphatic heterocycles. The number of nitrogens with two attached hydrogens (primary N) is 1. The number of rotatable bonds is 1. The summed E-state index contributed by atoms with van der Waals surface area (Å²) in [5.41, 5.74) is 7.32. The molecule has 100 valence electrons. The van der Waals surface area contributed by atoms with Gasteiger partial charge < -0.3 is 15.4 Å². The summed E-state index contributed by atoms with van der Waals surface area (Å²) >= 11 is 7.61. The molecule has 19 heavy (non-hydrogen) atoms. The van der Waals surface area contributed by atoms with Crippen molar-refractivity contribution in [2.24, 2.45) is 0 Å². The first-order valence-corrected chi connectivity index (χ1v) is 7.25. The first-order valence-electron chi connectivity index (χ1n) is 6.06. The molecular weight excluding hydrogens is 280 g/mol. The van der Waals surface area contributed by atoms with Gasteiger partial charge in [-0.2, -0.15) is 0 Å². The van der Waals surface area contributed by atoms with E-state index in [0.717, 1.165) is 27.3 Å². The van der Waals surface area contributed by atoms with Gasteiger partial charge in [-0.1, -0.05) is 11.6 Å². The van der Waals surface area contributed by atoms with Crippen molar-refractivity contribution in [1.29, 1.82) is 0 Å². The molecule has 3 nitrogen and oxygen atoms in total. The molecule has 2 heterocycles. The SMILES string of the molecule is CC1(C)CN(c2ccc(Cl)s2)c2ccc(N)cc2O1. The van der Waals surface area contributed by atoms with Crippen molar-refractivity contribution in [1.82, 2.24) is 0 Å². The van der Waals surface area contributed by atoms with Crippen LogP contribution in [0.4, 0.5) is 16.4 Å². The number of nitrogen functional groups attached to an aromatic ring is 1. The van der Waals surface area contributed by atoms with Crippen LogP contribution in [0.5, 0.6) is 5.75 Å². The Bertz CT molecular complexity index is 624. The number of thiophene rings is 1. The van der Waals surface area contributed by atoms with Crippen molar-refractivity contribution in [3.63, 3.8) is 0 Å². The van der Waals surface area contributed by atoms with Crippen molar-refractivity contribution in [2.45, 2.75) is 19.4 Å². The highest BCUT2D eigenvalue weighted by atomic mass is 35.5. The Labute approximate surface area is 121 Å². The van der Waals surface area contributed by atoms with E-state index in [1.165, 1.54) is 0 Å². The summed E-state index contributed by atoms with van der Waals surface area (Å²) in [6.45, 7) is 4.92. The summed E-state index contributed by atoms with van der Waals surface area (Å²) in [6, 6.07) is 9.71. The van der Waals surface area contributed by atoms with Gasteiger partial charge in [-0.05, 0) is 38.1 Å². The molecule has 0 atom stereocenters. The van der Waals surface area contributed by atoms with E-state index in [-0.39, 0.29) is 5.60 Å². The smallest absolute Gasteiger partial charge is 0.145 e. The van der Waals surface area contributed by atoms with Crippen LogP contribution in [0.3, 0.4) is 0 Å². The average molecular weight is 295 g/mol. The fraction of sp³-hybridized carbons (Fsp3) is 0.286. The zero-order chi connectivity index (χ0) is 13.6. The third-order valence-electron chi connectivity index (χ3n) is 3.02. The number of hydrogen-bond acceptors (Lipinski definition) is 4. The van der Waals surface area contributed by atoms with E-state index in [1.54, 1.807) is 11.3 Å². The van der Waals surface area contributed by atoms with Crippen molar-refractivity contribution in [3.05, 3.63) is 34.7 Å². The van der Waals surface area contributed by atoms with Gasteiger partial charge in [0, 0.05) is 11.8 Å². The summed E-state index contributed by atoms with van der Waals surface area (Å²) in [4.78, 5) is 2.23. The van der Waals surface area contributed by atoms with Crippen molar-refractivity contribution < 1.29 is 4.74 Å². The molecule has 1 aliphatic rings. The van der Waals surface area contributed by atoms with Gasteiger partial charge in [0.05, 0.1) is 21.6 Å². The second-order valence-electron chi connectivity index (χ2n) is 5.25. The van der Waals surface area contributed by atoms with Crippen LogP contribution in [0.25, 0.3) is 0 Å². The summed E-state index contributed by atoms with van der Waals surface area (Å²) in [7, 11) is 0. The predicted molar refractivity (Wildman–Crippen MR) is 81.9 cm³/mol. The fourth-order valence-electron chi connectivity index (χ4n) is 2.28. The monoisotopic (exact) mass is 294 g/mol. The number of nitrogens with zero attached hydrogens (tertiary/aromatic N) is 1. The van der Waals surface area contributed by atoms with Crippen LogP contribution >= 0.6 is 22.9 Å². The fourth-order valence-corrected chi connectivity index (χ4v) is 3.32. The van der Waals surface area contributed by atoms with Gasteiger partial charge in [0.25, 0.3) is 0 Å². The first kappa shape index (κ1) is 12.6. The lowest BCUT2D eigenvalue weighted by Gasteiger charge is -2.40. The van der Waals surface area contributed by atoms with E-state index < -0.39 is 0 Å². The standard InChI is InChI=1S/C14H15ClN2OS/c1-14(2)8-17(13-6-5-12(15)19-13)10-4-3-9(16)7-11(10)18-14/h3-7H,8,16H2,1-2H3. The molecule has 0 amide bonds. The minimum atomic E-state index is -0.267. The maximum absolute atomic E-state index is 6.04. The van der Waals surface area contributed by atoms with E-state index >= 15 is 0 Å². The second kappa shape index (κ2) is 4.32. The number of hydrogen-bond donors (Lipinski definition) is 1. The molecule has 5 heteroatoms. The third-order valence-corrected chi connectivity index (χ3v) is 4.28. The van der Waals surface area contributed by atoms with E-state index in [9.17, 15) is 0 Å². The van der Waals surface area contributed by atoms with Crippen LogP contribution in [0.1, 0.15) is 13.8 Å². The number of halogens is 1. The Kier molecular flexibility index (Phi) is 2.87. The van der Waals surface area contributed by atoms with Crippen molar-refractivity contribution in [2.75, 3.05) is 17.2 Å². The highest BCUT2D eigenvalue weighted by Gasteiger charge is 2.33. The number of fused-ring (bicyclic) bond motifs is 1. The topological polar surface area (TPSA) is 38.5 Å². The largest absolute Gasteiger partial charge is 0.484 e. The Hall–Kier alpha value is -1.39. The maximum Gasteiger partial charge on any atom is 0.145 e. The lowest BCUT2D eigenvalue weighted by molar-refractivity contribution is 0.109. The number of benzene rings is 1. The second-order valence-corrected chi connectivity index (χ2v) is 6.95. The summed E-state index contributed by atoms with van der Waals surface area (Å²) in [6.07, 6.45) is 0. The molecule has 2 N–H and O–H groups in total. The molecule has 3 rings (SSSR count). The molecule has 0 spiro atoms. The van der Waals surface area contributed by atoms with E-state index in [0.29, 0.717) is 5.69 Å². The van der Waals surface area contributed by atoms with Crippen LogP contribution in [0.15, 0.2) is 30.3 Å². The molecule has 0 bridgehead atoms. The quantitative estimate of drug-likeness (QED) is 0.797. The Balaban J connectivity index is 2.10. The van der Waals surface area contributed by atoms with Gasteiger partial charge in [0.15, 0.2) is 0 Å². The van der Waals surface area contributed by atoms with Crippen LogP contribution in [-0.2, 0) is 0 Å². The Morgan fingerprint density at radius 2 is 2.11 bits per heavy atom. The van der Waals surface area contributed by atoms with Gasteiger partial charge in [0.2, 0.25) is 0 Å². The maximum atomic E-state index is 6.04. The molecule has 0 saturated heterocycles. The van der Waals surface area contributed by atoms with Gasteiger partial charge in [-0.3, -0.25) is 0 Å². The molecule has 0 aliphatic carbocycles. The zero-order valence-corrected chi connectivity index (χ0v) is 12.4. The Morgan fingerprint density at radius 1 is 1.32 bits per heavy atom. The van der Waals surface area contributed by atoms with E-state index in [4.69, 9.17) is 22.1 Å². The average Bonchev–Trinajstić information content (AvgIpc) is 2.73. The molecular formula is C14H15ClN2OS.